The SMILES string of the molecule is COc1cc(/C=C/C(=O)Nc2cc(F)c(F)cc2F)ccc1OC(F)F. The van der Waals surface area contributed by atoms with Crippen LogP contribution in [-0.4, -0.2) is 19.6 Å². The summed E-state index contributed by atoms with van der Waals surface area (Å²) in [5.74, 6) is -4.82. The van der Waals surface area contributed by atoms with Crippen molar-refractivity contribution in [1.82, 2.24) is 0 Å². The Morgan fingerprint density at radius 1 is 1.04 bits per heavy atom. The van der Waals surface area contributed by atoms with Gasteiger partial charge in [-0.15, -0.1) is 0 Å². The molecular weight excluding hydrogens is 361 g/mol. The van der Waals surface area contributed by atoms with E-state index in [2.05, 4.69) is 10.1 Å². The summed E-state index contributed by atoms with van der Waals surface area (Å²) in [4.78, 5) is 11.8. The second-order valence-corrected chi connectivity index (χ2v) is 4.86. The molecule has 0 unspecified atom stereocenters. The van der Waals surface area contributed by atoms with Crippen LogP contribution in [0.25, 0.3) is 6.08 Å². The Hall–Kier alpha value is -3.10. The van der Waals surface area contributed by atoms with Crippen LogP contribution in [0.4, 0.5) is 27.6 Å². The zero-order valence-electron chi connectivity index (χ0n) is 13.2. The fraction of sp³-hybridized carbons (Fsp3) is 0.118. The van der Waals surface area contributed by atoms with Gasteiger partial charge in [0.1, 0.15) is 5.82 Å². The van der Waals surface area contributed by atoms with Crippen LogP contribution in [0.3, 0.4) is 0 Å². The van der Waals surface area contributed by atoms with E-state index in [1.807, 2.05) is 0 Å². The Kier molecular flexibility index (Phi) is 6.16. The van der Waals surface area contributed by atoms with Crippen molar-refractivity contribution >= 4 is 17.7 Å². The van der Waals surface area contributed by atoms with Gasteiger partial charge in [0.2, 0.25) is 5.91 Å². The molecule has 26 heavy (non-hydrogen) atoms. The molecule has 138 valence electrons. The molecule has 2 aromatic rings. The Labute approximate surface area is 144 Å². The predicted molar refractivity (Wildman–Crippen MR) is 83.6 cm³/mol. The number of halogens is 5. The van der Waals surface area contributed by atoms with Gasteiger partial charge < -0.3 is 14.8 Å². The number of rotatable bonds is 6. The van der Waals surface area contributed by atoms with Gasteiger partial charge in [-0.1, -0.05) is 6.07 Å². The first-order valence-corrected chi connectivity index (χ1v) is 7.06. The molecule has 1 amide bonds. The van der Waals surface area contributed by atoms with Gasteiger partial charge in [-0.2, -0.15) is 8.78 Å². The van der Waals surface area contributed by atoms with E-state index in [-0.39, 0.29) is 11.5 Å². The second kappa shape index (κ2) is 8.32. The van der Waals surface area contributed by atoms with E-state index in [1.165, 1.54) is 31.4 Å². The Morgan fingerprint density at radius 2 is 1.73 bits per heavy atom. The van der Waals surface area contributed by atoms with Gasteiger partial charge in [-0.05, 0) is 23.8 Å². The summed E-state index contributed by atoms with van der Waals surface area (Å²) in [5, 5.41) is 2.05. The first-order chi connectivity index (χ1) is 12.3. The zero-order valence-corrected chi connectivity index (χ0v) is 13.2. The Morgan fingerprint density at radius 3 is 2.38 bits per heavy atom. The van der Waals surface area contributed by atoms with E-state index in [9.17, 15) is 26.7 Å². The lowest BCUT2D eigenvalue weighted by Crippen LogP contribution is -2.10. The second-order valence-electron chi connectivity index (χ2n) is 4.86. The van der Waals surface area contributed by atoms with Gasteiger partial charge in [-0.25, -0.2) is 13.2 Å². The fourth-order valence-electron chi connectivity index (χ4n) is 1.95. The minimum atomic E-state index is -3.03. The van der Waals surface area contributed by atoms with Gasteiger partial charge in [0.25, 0.3) is 0 Å². The first kappa shape index (κ1) is 19.2. The van der Waals surface area contributed by atoms with E-state index in [0.29, 0.717) is 17.7 Å². The van der Waals surface area contributed by atoms with Crippen molar-refractivity contribution in [2.24, 2.45) is 0 Å². The molecule has 0 saturated carbocycles. The van der Waals surface area contributed by atoms with E-state index in [0.717, 1.165) is 6.08 Å². The third kappa shape index (κ3) is 4.95. The molecule has 0 atom stereocenters. The molecule has 2 rings (SSSR count). The molecule has 4 nitrogen and oxygen atoms in total. The Bertz CT molecular complexity index is 839. The number of methoxy groups -OCH3 is 1. The van der Waals surface area contributed by atoms with Crippen LogP contribution < -0.4 is 14.8 Å². The molecule has 0 aromatic heterocycles. The van der Waals surface area contributed by atoms with Crippen LogP contribution in [0, 0.1) is 17.5 Å². The van der Waals surface area contributed by atoms with Crippen LogP contribution in [0.1, 0.15) is 5.56 Å². The number of benzene rings is 2. The van der Waals surface area contributed by atoms with Crippen molar-refractivity contribution in [2.45, 2.75) is 6.61 Å². The lowest BCUT2D eigenvalue weighted by Gasteiger charge is -2.10. The van der Waals surface area contributed by atoms with E-state index in [1.54, 1.807) is 0 Å². The van der Waals surface area contributed by atoms with E-state index >= 15 is 0 Å². The standard InChI is InChI=1S/C17H12F5NO3/c1-25-15-6-9(2-4-14(15)26-17(21)22)3-5-16(24)23-13-8-11(19)10(18)7-12(13)20/h2-8,17H,1H3,(H,23,24)/b5-3+. The summed E-state index contributed by atoms with van der Waals surface area (Å²) in [6, 6.07) is 4.75. The van der Waals surface area contributed by atoms with Crippen molar-refractivity contribution in [3.05, 3.63) is 59.4 Å². The molecule has 0 saturated heterocycles. The molecule has 0 spiro atoms. The predicted octanol–water partition coefficient (Wildman–Crippen LogP) is 4.37. The zero-order chi connectivity index (χ0) is 19.3. The summed E-state index contributed by atoms with van der Waals surface area (Å²) < 4.78 is 73.1. The maximum atomic E-state index is 13.5. The van der Waals surface area contributed by atoms with Gasteiger partial charge >= 0.3 is 6.61 Å². The molecule has 0 aliphatic rings. The summed E-state index contributed by atoms with van der Waals surface area (Å²) >= 11 is 0. The topological polar surface area (TPSA) is 47.6 Å². The number of amides is 1. The number of hydrogen-bond donors (Lipinski definition) is 1. The van der Waals surface area contributed by atoms with Crippen LogP contribution in [0.2, 0.25) is 0 Å². The molecule has 0 aliphatic carbocycles. The monoisotopic (exact) mass is 373 g/mol. The molecule has 1 N–H and O–H groups in total. The number of nitrogens with one attached hydrogen (secondary N) is 1. The smallest absolute Gasteiger partial charge is 0.387 e. The van der Waals surface area contributed by atoms with Crippen molar-refractivity contribution in [1.29, 1.82) is 0 Å². The highest BCUT2D eigenvalue weighted by Gasteiger charge is 2.12. The maximum Gasteiger partial charge on any atom is 0.387 e. The number of ether oxygens (including phenoxy) is 2. The highest BCUT2D eigenvalue weighted by molar-refractivity contribution is 6.02. The van der Waals surface area contributed by atoms with Gasteiger partial charge in [0.05, 0.1) is 12.8 Å². The normalized spacial score (nSPS) is 11.0. The number of carbonyl (C=O) groups is 1. The molecule has 0 fully saturated rings. The summed E-state index contributed by atoms with van der Waals surface area (Å²) in [5.41, 5.74) is -0.138. The van der Waals surface area contributed by atoms with E-state index in [4.69, 9.17) is 4.74 Å². The third-order valence-electron chi connectivity index (χ3n) is 3.10. The van der Waals surface area contributed by atoms with E-state index < -0.39 is 35.7 Å². The van der Waals surface area contributed by atoms with Crippen molar-refractivity contribution in [3.8, 4) is 11.5 Å². The van der Waals surface area contributed by atoms with Crippen molar-refractivity contribution < 1.29 is 36.2 Å². The molecular formula is C17H12F5NO3. The van der Waals surface area contributed by atoms with Crippen molar-refractivity contribution in [3.63, 3.8) is 0 Å². The summed E-state index contributed by atoms with van der Waals surface area (Å²) in [7, 11) is 1.25. The summed E-state index contributed by atoms with van der Waals surface area (Å²) in [6.07, 6.45) is 2.27. The number of hydrogen-bond acceptors (Lipinski definition) is 3. The fourth-order valence-corrected chi connectivity index (χ4v) is 1.95. The summed E-state index contributed by atoms with van der Waals surface area (Å²) in [6.45, 7) is -3.03. The lowest BCUT2D eigenvalue weighted by atomic mass is 10.2. The van der Waals surface area contributed by atoms with Crippen LogP contribution >= 0.6 is 0 Å². The average Bonchev–Trinajstić information content (AvgIpc) is 2.58. The highest BCUT2D eigenvalue weighted by Crippen LogP contribution is 2.29. The molecule has 9 heteroatoms. The maximum absolute atomic E-state index is 13.5. The highest BCUT2D eigenvalue weighted by atomic mass is 19.3. The van der Waals surface area contributed by atoms with Crippen LogP contribution in [0.15, 0.2) is 36.4 Å². The quantitative estimate of drug-likeness (QED) is 0.465. The number of carbonyl (C=O) groups excluding carboxylic acids is 1. The number of anilines is 1. The molecule has 2 aromatic carbocycles. The van der Waals surface area contributed by atoms with Crippen molar-refractivity contribution in [2.75, 3.05) is 12.4 Å². The number of alkyl halides is 2. The average molecular weight is 373 g/mol. The molecule has 0 heterocycles. The van der Waals surface area contributed by atoms with Gasteiger partial charge in [0, 0.05) is 18.2 Å². The molecule has 0 bridgehead atoms. The molecule has 0 aliphatic heterocycles. The largest absolute Gasteiger partial charge is 0.493 e. The third-order valence-corrected chi connectivity index (χ3v) is 3.10. The first-order valence-electron chi connectivity index (χ1n) is 7.06. The Balaban J connectivity index is 2.11. The van der Waals surface area contributed by atoms with Crippen LogP contribution in [0.5, 0.6) is 11.5 Å². The lowest BCUT2D eigenvalue weighted by molar-refractivity contribution is -0.111. The van der Waals surface area contributed by atoms with Gasteiger partial charge in [0.15, 0.2) is 23.1 Å². The molecule has 0 radical (unpaired) electrons. The minimum Gasteiger partial charge on any atom is -0.493 e. The minimum absolute atomic E-state index is 0.0134. The van der Waals surface area contributed by atoms with Crippen LogP contribution in [-0.2, 0) is 4.79 Å². The van der Waals surface area contributed by atoms with Gasteiger partial charge in [-0.3, -0.25) is 4.79 Å².